The number of hydrogen-bond acceptors (Lipinski definition) is 10. The summed E-state index contributed by atoms with van der Waals surface area (Å²) >= 11 is 6.72. The van der Waals surface area contributed by atoms with Gasteiger partial charge >= 0.3 is 0 Å². The first-order valence-electron chi connectivity index (χ1n) is 13.5. The number of aryl methyl sites for hydroxylation is 1. The molecule has 0 amide bonds. The van der Waals surface area contributed by atoms with E-state index in [4.69, 9.17) is 31.0 Å². The second-order valence-corrected chi connectivity index (χ2v) is 10.7. The number of rotatable bonds is 10. The molecule has 2 N–H and O–H groups in total. The van der Waals surface area contributed by atoms with Gasteiger partial charge in [-0.3, -0.25) is 0 Å². The lowest BCUT2D eigenvalue weighted by Crippen LogP contribution is -2.31. The van der Waals surface area contributed by atoms with Crippen LogP contribution in [0.5, 0.6) is 11.8 Å². The Labute approximate surface area is 239 Å². The summed E-state index contributed by atoms with van der Waals surface area (Å²) in [4.78, 5) is 20.4. The Morgan fingerprint density at radius 2 is 1.70 bits per heavy atom. The molecule has 3 heterocycles. The van der Waals surface area contributed by atoms with Crippen LogP contribution >= 0.6 is 11.6 Å². The average Bonchev–Trinajstić information content (AvgIpc) is 3.25. The van der Waals surface area contributed by atoms with Crippen LogP contribution in [0.4, 0.5) is 11.8 Å². The molecule has 5 rings (SSSR count). The summed E-state index contributed by atoms with van der Waals surface area (Å²) in [7, 11) is 7.11. The molecule has 3 aromatic heterocycles. The number of aromatic nitrogens is 6. The standard InChI is InChI=1S/C28H36ClN9O2/c1-17-21(25(29)38(36-17)28-33-23(39-4)14-24(34-28)40-5)16-30-15-18-10-12-19(13-11-18)31-27-32-22-9-7-6-8-20(22)26(35-27)37(2)3/h6-9,14,18-19,30H,10-13,15-16H2,1-5H3,(H,31,32,35)/t18-,19+. The predicted octanol–water partition coefficient (Wildman–Crippen LogP) is 4.41. The van der Waals surface area contributed by atoms with Gasteiger partial charge in [-0.1, -0.05) is 23.7 Å². The molecular weight excluding hydrogens is 530 g/mol. The normalized spacial score (nSPS) is 17.1. The first-order chi connectivity index (χ1) is 19.4. The molecule has 0 spiro atoms. The summed E-state index contributed by atoms with van der Waals surface area (Å²) in [5.74, 6) is 3.27. The SMILES string of the molecule is COc1cc(OC)nc(-n2nc(C)c(CNC[C@H]3CC[C@@H](Nc4nc(N(C)C)c5ccccc5n4)CC3)c2Cl)n1. The number of nitrogens with one attached hydrogen (secondary N) is 2. The summed E-state index contributed by atoms with van der Waals surface area (Å²) < 4.78 is 12.0. The van der Waals surface area contributed by atoms with E-state index in [9.17, 15) is 0 Å². The summed E-state index contributed by atoms with van der Waals surface area (Å²) in [5.41, 5.74) is 2.70. The van der Waals surface area contributed by atoms with Gasteiger partial charge in [0.15, 0.2) is 0 Å². The number of methoxy groups -OCH3 is 2. The minimum atomic E-state index is 0.300. The maximum atomic E-state index is 6.72. The molecule has 1 aliphatic rings. The minimum Gasteiger partial charge on any atom is -0.481 e. The average molecular weight is 566 g/mol. The van der Waals surface area contributed by atoms with Gasteiger partial charge in [0.2, 0.25) is 17.7 Å². The van der Waals surface area contributed by atoms with Crippen molar-refractivity contribution in [1.29, 1.82) is 0 Å². The minimum absolute atomic E-state index is 0.300. The molecule has 0 atom stereocenters. The highest BCUT2D eigenvalue weighted by Crippen LogP contribution is 2.29. The van der Waals surface area contributed by atoms with Crippen LogP contribution in [0.25, 0.3) is 16.9 Å². The van der Waals surface area contributed by atoms with Gasteiger partial charge in [-0.05, 0) is 57.2 Å². The van der Waals surface area contributed by atoms with Gasteiger partial charge in [0.25, 0.3) is 5.95 Å². The smallest absolute Gasteiger partial charge is 0.258 e. The molecule has 1 fully saturated rings. The van der Waals surface area contributed by atoms with Gasteiger partial charge in [-0.15, -0.1) is 0 Å². The van der Waals surface area contributed by atoms with Crippen LogP contribution in [0.1, 0.15) is 36.9 Å². The Balaban J connectivity index is 1.16. The Morgan fingerprint density at radius 1 is 1.00 bits per heavy atom. The Hall–Kier alpha value is -3.70. The fourth-order valence-electron chi connectivity index (χ4n) is 5.12. The van der Waals surface area contributed by atoms with E-state index in [1.165, 1.54) is 4.68 Å². The van der Waals surface area contributed by atoms with Crippen molar-refractivity contribution in [2.75, 3.05) is 45.1 Å². The number of halogens is 1. The van der Waals surface area contributed by atoms with Crippen molar-refractivity contribution in [3.05, 3.63) is 46.7 Å². The van der Waals surface area contributed by atoms with Crippen molar-refractivity contribution in [1.82, 2.24) is 35.0 Å². The van der Waals surface area contributed by atoms with E-state index in [1.807, 2.05) is 44.1 Å². The first kappa shape index (κ1) is 27.9. The Morgan fingerprint density at radius 3 is 2.38 bits per heavy atom. The van der Waals surface area contributed by atoms with Crippen molar-refractivity contribution in [2.24, 2.45) is 5.92 Å². The predicted molar refractivity (Wildman–Crippen MR) is 157 cm³/mol. The lowest BCUT2D eigenvalue weighted by molar-refractivity contribution is 0.323. The summed E-state index contributed by atoms with van der Waals surface area (Å²) in [6.45, 7) is 3.46. The molecule has 12 heteroatoms. The summed E-state index contributed by atoms with van der Waals surface area (Å²) in [5, 5.41) is 13.3. The number of anilines is 2. The third kappa shape index (κ3) is 6.05. The van der Waals surface area contributed by atoms with Gasteiger partial charge in [0, 0.05) is 37.6 Å². The number of benzene rings is 1. The third-order valence-corrected chi connectivity index (χ3v) is 7.71. The maximum absolute atomic E-state index is 6.72. The van der Waals surface area contributed by atoms with Gasteiger partial charge in [-0.25, -0.2) is 4.98 Å². The fourth-order valence-corrected chi connectivity index (χ4v) is 5.44. The van der Waals surface area contributed by atoms with E-state index in [0.29, 0.717) is 47.3 Å². The molecule has 0 unspecified atom stereocenters. The lowest BCUT2D eigenvalue weighted by Gasteiger charge is -2.29. The fraction of sp³-hybridized carbons (Fsp3) is 0.464. The molecule has 11 nitrogen and oxygen atoms in total. The van der Waals surface area contributed by atoms with Crippen LogP contribution in [-0.2, 0) is 6.54 Å². The molecular formula is C28H36ClN9O2. The molecule has 0 bridgehead atoms. The van der Waals surface area contributed by atoms with Crippen molar-refractivity contribution < 1.29 is 9.47 Å². The maximum Gasteiger partial charge on any atom is 0.258 e. The third-order valence-electron chi connectivity index (χ3n) is 7.32. The Bertz CT molecular complexity index is 1450. The number of ether oxygens (including phenoxy) is 2. The number of hydrogen-bond donors (Lipinski definition) is 2. The van der Waals surface area contributed by atoms with Crippen molar-refractivity contribution in [3.63, 3.8) is 0 Å². The molecule has 1 saturated carbocycles. The largest absolute Gasteiger partial charge is 0.481 e. The van der Waals surface area contributed by atoms with Crippen LogP contribution < -0.4 is 25.0 Å². The number of nitrogens with zero attached hydrogens (tertiary/aromatic N) is 7. The molecule has 4 aromatic rings. The van der Waals surface area contributed by atoms with Crippen LogP contribution in [0.15, 0.2) is 30.3 Å². The van der Waals surface area contributed by atoms with Gasteiger partial charge < -0.3 is 25.0 Å². The first-order valence-corrected chi connectivity index (χ1v) is 13.9. The molecule has 212 valence electrons. The molecule has 1 aromatic carbocycles. The van der Waals surface area contributed by atoms with Gasteiger partial charge in [0.05, 0.1) is 31.5 Å². The molecule has 0 aliphatic heterocycles. The second-order valence-electron chi connectivity index (χ2n) is 10.3. The van der Waals surface area contributed by atoms with Crippen LogP contribution in [0.2, 0.25) is 5.15 Å². The second kappa shape index (κ2) is 12.2. The van der Waals surface area contributed by atoms with Crippen molar-refractivity contribution in [3.8, 4) is 17.7 Å². The molecule has 40 heavy (non-hydrogen) atoms. The van der Waals surface area contributed by atoms with E-state index in [2.05, 4.69) is 31.8 Å². The Kier molecular flexibility index (Phi) is 8.51. The van der Waals surface area contributed by atoms with Crippen LogP contribution in [0, 0.1) is 12.8 Å². The number of fused-ring (bicyclic) bond motifs is 1. The van der Waals surface area contributed by atoms with Crippen LogP contribution in [0.3, 0.4) is 0 Å². The van der Waals surface area contributed by atoms with E-state index in [0.717, 1.165) is 60.2 Å². The van der Waals surface area contributed by atoms with Gasteiger partial charge in [0.1, 0.15) is 11.0 Å². The summed E-state index contributed by atoms with van der Waals surface area (Å²) in [6, 6.07) is 10.1. The topological polar surface area (TPSA) is 115 Å². The quantitative estimate of drug-likeness (QED) is 0.286. The van der Waals surface area contributed by atoms with Crippen molar-refractivity contribution in [2.45, 2.75) is 45.2 Å². The highest BCUT2D eigenvalue weighted by atomic mass is 35.5. The van der Waals surface area contributed by atoms with Gasteiger partial charge in [-0.2, -0.15) is 24.7 Å². The zero-order valence-corrected chi connectivity index (χ0v) is 24.4. The summed E-state index contributed by atoms with van der Waals surface area (Å²) in [6.07, 6.45) is 4.41. The highest BCUT2D eigenvalue weighted by molar-refractivity contribution is 6.30. The highest BCUT2D eigenvalue weighted by Gasteiger charge is 2.23. The lowest BCUT2D eigenvalue weighted by atomic mass is 9.86. The number of para-hydroxylation sites is 1. The molecule has 1 aliphatic carbocycles. The van der Waals surface area contributed by atoms with E-state index in [-0.39, 0.29) is 0 Å². The molecule has 0 radical (unpaired) electrons. The van der Waals surface area contributed by atoms with E-state index in [1.54, 1.807) is 20.3 Å². The van der Waals surface area contributed by atoms with E-state index < -0.39 is 0 Å². The molecule has 0 saturated heterocycles. The van der Waals surface area contributed by atoms with Crippen LogP contribution in [-0.4, -0.2) is 70.6 Å². The van der Waals surface area contributed by atoms with Crippen molar-refractivity contribution >= 4 is 34.3 Å². The monoisotopic (exact) mass is 565 g/mol. The zero-order valence-electron chi connectivity index (χ0n) is 23.6. The zero-order chi connectivity index (χ0) is 28.2. The van der Waals surface area contributed by atoms with E-state index >= 15 is 0 Å².